The first-order valence-corrected chi connectivity index (χ1v) is 5.95. The molecule has 4 nitrogen and oxygen atoms in total. The van der Waals surface area contributed by atoms with Crippen molar-refractivity contribution >= 4 is 22.9 Å². The smallest absolute Gasteiger partial charge is 0.223 e. The summed E-state index contributed by atoms with van der Waals surface area (Å²) in [5.74, 6) is 0.560. The third-order valence-corrected chi connectivity index (χ3v) is 2.68. The number of aryl methyl sites for hydroxylation is 1. The number of aromatic nitrogens is 2. The molecule has 0 bridgehead atoms. The fourth-order valence-corrected chi connectivity index (χ4v) is 1.87. The molecule has 1 N–H and O–H groups in total. The van der Waals surface area contributed by atoms with Gasteiger partial charge in [-0.2, -0.15) is 0 Å². The number of rotatable bonds is 4. The predicted octanol–water partition coefficient (Wildman–Crippen LogP) is 2.79. The van der Waals surface area contributed by atoms with Gasteiger partial charge in [0, 0.05) is 13.5 Å². The number of imidazole rings is 1. The first kappa shape index (κ1) is 11.6. The second kappa shape index (κ2) is 4.99. The van der Waals surface area contributed by atoms with Crippen molar-refractivity contribution < 1.29 is 4.79 Å². The van der Waals surface area contributed by atoms with E-state index >= 15 is 0 Å². The summed E-state index contributed by atoms with van der Waals surface area (Å²) >= 11 is 0. The van der Waals surface area contributed by atoms with Crippen LogP contribution in [0.5, 0.6) is 0 Å². The molecule has 1 aromatic heterocycles. The van der Waals surface area contributed by atoms with E-state index in [1.807, 2.05) is 24.3 Å². The molecular weight excluding hydrogens is 214 g/mol. The lowest BCUT2D eigenvalue weighted by atomic mass is 10.3. The van der Waals surface area contributed by atoms with Crippen molar-refractivity contribution in [3.63, 3.8) is 0 Å². The van der Waals surface area contributed by atoms with Gasteiger partial charge in [0.15, 0.2) is 0 Å². The molecule has 0 saturated heterocycles. The Kier molecular flexibility index (Phi) is 3.42. The highest BCUT2D eigenvalue weighted by Crippen LogP contribution is 2.20. The van der Waals surface area contributed by atoms with Gasteiger partial charge in [-0.15, -0.1) is 0 Å². The van der Waals surface area contributed by atoms with Crippen molar-refractivity contribution in [2.75, 3.05) is 5.32 Å². The molecule has 0 unspecified atom stereocenters. The molecule has 2 rings (SSSR count). The summed E-state index contributed by atoms with van der Waals surface area (Å²) in [5.41, 5.74) is 2.00. The van der Waals surface area contributed by atoms with Crippen LogP contribution in [-0.4, -0.2) is 15.5 Å². The van der Waals surface area contributed by atoms with Gasteiger partial charge in [0.05, 0.1) is 11.0 Å². The van der Waals surface area contributed by atoms with E-state index in [1.165, 1.54) is 6.92 Å². The number of fused-ring (bicyclic) bond motifs is 1. The van der Waals surface area contributed by atoms with Gasteiger partial charge in [-0.25, -0.2) is 4.98 Å². The van der Waals surface area contributed by atoms with Crippen LogP contribution in [0, 0.1) is 0 Å². The highest BCUT2D eigenvalue weighted by Gasteiger charge is 2.10. The summed E-state index contributed by atoms with van der Waals surface area (Å²) in [5, 5.41) is 2.78. The molecule has 0 aliphatic heterocycles. The average molecular weight is 231 g/mol. The zero-order chi connectivity index (χ0) is 12.3. The third kappa shape index (κ3) is 2.46. The van der Waals surface area contributed by atoms with Crippen molar-refractivity contribution in [3.8, 4) is 0 Å². The van der Waals surface area contributed by atoms with Crippen molar-refractivity contribution in [1.29, 1.82) is 0 Å². The number of carbonyl (C=O) groups excluding carboxylic acids is 1. The van der Waals surface area contributed by atoms with Gasteiger partial charge in [-0.1, -0.05) is 25.5 Å². The highest BCUT2D eigenvalue weighted by atomic mass is 16.1. The second-order valence-corrected chi connectivity index (χ2v) is 4.11. The fourth-order valence-electron chi connectivity index (χ4n) is 1.87. The molecule has 0 fully saturated rings. The predicted molar refractivity (Wildman–Crippen MR) is 68.9 cm³/mol. The minimum atomic E-state index is -0.0851. The van der Waals surface area contributed by atoms with E-state index < -0.39 is 0 Å². The number of benzene rings is 1. The quantitative estimate of drug-likeness (QED) is 0.879. The van der Waals surface area contributed by atoms with Crippen molar-refractivity contribution in [1.82, 2.24) is 9.55 Å². The molecule has 4 heteroatoms. The van der Waals surface area contributed by atoms with Gasteiger partial charge in [-0.3, -0.25) is 10.1 Å². The summed E-state index contributed by atoms with van der Waals surface area (Å²) in [6.07, 6.45) is 2.19. The largest absolute Gasteiger partial charge is 0.310 e. The minimum Gasteiger partial charge on any atom is -0.310 e. The van der Waals surface area contributed by atoms with Gasteiger partial charge in [0.2, 0.25) is 11.9 Å². The number of unbranched alkanes of at least 4 members (excludes halogenated alkanes) is 1. The van der Waals surface area contributed by atoms with Crippen molar-refractivity contribution in [2.24, 2.45) is 0 Å². The van der Waals surface area contributed by atoms with Crippen LogP contribution in [0.25, 0.3) is 11.0 Å². The minimum absolute atomic E-state index is 0.0851. The van der Waals surface area contributed by atoms with Crippen molar-refractivity contribution in [2.45, 2.75) is 33.2 Å². The molecule has 0 spiro atoms. The maximum absolute atomic E-state index is 11.2. The number of hydrogen-bond acceptors (Lipinski definition) is 2. The molecular formula is C13H17N3O. The van der Waals surface area contributed by atoms with Crippen molar-refractivity contribution in [3.05, 3.63) is 24.3 Å². The zero-order valence-electron chi connectivity index (χ0n) is 10.2. The molecule has 17 heavy (non-hydrogen) atoms. The summed E-state index contributed by atoms with van der Waals surface area (Å²) in [7, 11) is 0. The Hall–Kier alpha value is -1.84. The van der Waals surface area contributed by atoms with Gasteiger partial charge < -0.3 is 4.57 Å². The summed E-state index contributed by atoms with van der Waals surface area (Å²) in [4.78, 5) is 15.6. The van der Waals surface area contributed by atoms with E-state index in [0.29, 0.717) is 5.95 Å². The molecule has 0 radical (unpaired) electrons. The molecule has 0 aliphatic rings. The fraction of sp³-hybridized carbons (Fsp3) is 0.385. The molecule has 1 heterocycles. The standard InChI is InChI=1S/C13H17N3O/c1-3-4-9-16-12-8-6-5-7-11(12)15-13(16)14-10(2)17/h5-8H,3-4,9H2,1-2H3,(H,14,15,17). The molecule has 0 saturated carbocycles. The number of hydrogen-bond donors (Lipinski definition) is 1. The summed E-state index contributed by atoms with van der Waals surface area (Å²) < 4.78 is 2.07. The monoisotopic (exact) mass is 231 g/mol. The number of nitrogens with one attached hydrogen (secondary N) is 1. The van der Waals surface area contributed by atoms with E-state index in [0.717, 1.165) is 30.4 Å². The topological polar surface area (TPSA) is 46.9 Å². The SMILES string of the molecule is CCCCn1c(NC(C)=O)nc2ccccc21. The van der Waals surface area contributed by atoms with Crippen LogP contribution in [0.4, 0.5) is 5.95 Å². The Balaban J connectivity index is 2.44. The van der Waals surface area contributed by atoms with Gasteiger partial charge >= 0.3 is 0 Å². The first-order chi connectivity index (χ1) is 8.22. The molecule has 1 amide bonds. The zero-order valence-corrected chi connectivity index (χ0v) is 10.2. The summed E-state index contributed by atoms with van der Waals surface area (Å²) in [6, 6.07) is 7.94. The van der Waals surface area contributed by atoms with E-state index in [-0.39, 0.29) is 5.91 Å². The van der Waals surface area contributed by atoms with E-state index in [4.69, 9.17) is 0 Å². The maximum atomic E-state index is 11.2. The normalized spacial score (nSPS) is 10.7. The van der Waals surface area contributed by atoms with Crippen LogP contribution in [0.2, 0.25) is 0 Å². The number of nitrogens with zero attached hydrogens (tertiary/aromatic N) is 2. The number of anilines is 1. The van der Waals surface area contributed by atoms with Gasteiger partial charge in [-0.05, 0) is 18.6 Å². The maximum Gasteiger partial charge on any atom is 0.223 e. The van der Waals surface area contributed by atoms with Crippen LogP contribution in [0.15, 0.2) is 24.3 Å². The van der Waals surface area contributed by atoms with Crippen LogP contribution in [0.1, 0.15) is 26.7 Å². The van der Waals surface area contributed by atoms with Crippen LogP contribution in [-0.2, 0) is 11.3 Å². The highest BCUT2D eigenvalue weighted by molar-refractivity contribution is 5.89. The Morgan fingerprint density at radius 1 is 1.41 bits per heavy atom. The van der Waals surface area contributed by atoms with E-state index in [1.54, 1.807) is 0 Å². The van der Waals surface area contributed by atoms with E-state index in [9.17, 15) is 4.79 Å². The number of para-hydroxylation sites is 2. The Labute approximate surface area is 101 Å². The van der Waals surface area contributed by atoms with Gasteiger partial charge in [0.25, 0.3) is 0 Å². The van der Waals surface area contributed by atoms with Gasteiger partial charge in [0.1, 0.15) is 0 Å². The lowest BCUT2D eigenvalue weighted by Crippen LogP contribution is -2.12. The second-order valence-electron chi connectivity index (χ2n) is 4.11. The molecule has 0 aliphatic carbocycles. The van der Waals surface area contributed by atoms with Crippen LogP contribution in [0.3, 0.4) is 0 Å². The lowest BCUT2D eigenvalue weighted by molar-refractivity contribution is -0.114. The Bertz CT molecular complexity index is 530. The average Bonchev–Trinajstić information content (AvgIpc) is 2.63. The molecule has 0 atom stereocenters. The Morgan fingerprint density at radius 2 is 2.18 bits per heavy atom. The number of carbonyl (C=O) groups is 1. The molecule has 2 aromatic rings. The van der Waals surface area contributed by atoms with Crippen LogP contribution < -0.4 is 5.32 Å². The lowest BCUT2D eigenvalue weighted by Gasteiger charge is -2.07. The third-order valence-electron chi connectivity index (χ3n) is 2.68. The van der Waals surface area contributed by atoms with Crippen LogP contribution >= 0.6 is 0 Å². The molecule has 90 valence electrons. The molecule has 1 aromatic carbocycles. The van der Waals surface area contributed by atoms with E-state index in [2.05, 4.69) is 21.8 Å². The summed E-state index contributed by atoms with van der Waals surface area (Å²) in [6.45, 7) is 4.54. The Morgan fingerprint density at radius 3 is 2.88 bits per heavy atom. The number of amides is 1. The first-order valence-electron chi connectivity index (χ1n) is 5.95.